The largest absolute Gasteiger partial charge is 0.465 e. The zero-order chi connectivity index (χ0) is 30.3. The summed E-state index contributed by atoms with van der Waals surface area (Å²) < 4.78 is 29.7. The van der Waals surface area contributed by atoms with Gasteiger partial charge in [-0.1, -0.05) is 30.3 Å². The van der Waals surface area contributed by atoms with E-state index in [0.29, 0.717) is 18.2 Å². The van der Waals surface area contributed by atoms with E-state index in [4.69, 9.17) is 13.8 Å². The van der Waals surface area contributed by atoms with Crippen LogP contribution in [0.2, 0.25) is 0 Å². The molecule has 2 heterocycles. The number of piperazine rings is 1. The van der Waals surface area contributed by atoms with Gasteiger partial charge in [0.2, 0.25) is 5.91 Å². The molecule has 0 spiro atoms. The fourth-order valence-corrected chi connectivity index (χ4v) is 6.98. The van der Waals surface area contributed by atoms with E-state index in [0.717, 1.165) is 17.5 Å². The molecule has 0 unspecified atom stereocenters. The molecule has 1 saturated heterocycles. The maximum absolute atomic E-state index is 13.7. The Balaban J connectivity index is 1.62. The Hall–Kier alpha value is -3.31. The molecule has 1 aliphatic carbocycles. The van der Waals surface area contributed by atoms with Gasteiger partial charge in [0, 0.05) is 45.5 Å². The van der Waals surface area contributed by atoms with Crippen molar-refractivity contribution in [2.45, 2.75) is 32.2 Å². The quantitative estimate of drug-likeness (QED) is 0.328. The zero-order valence-corrected chi connectivity index (χ0v) is 25.1. The van der Waals surface area contributed by atoms with Crippen LogP contribution in [-0.4, -0.2) is 103 Å². The predicted octanol–water partition coefficient (Wildman–Crippen LogP) is 3.69. The normalized spacial score (nSPS) is 19.3. The average Bonchev–Trinajstić information content (AvgIpc) is 3.76. The minimum Gasteiger partial charge on any atom is -0.465 e. The zero-order valence-electron chi connectivity index (χ0n) is 24.2. The lowest BCUT2D eigenvalue weighted by molar-refractivity contribution is -0.134. The number of aromatic nitrogens is 1. The van der Waals surface area contributed by atoms with Gasteiger partial charge in [-0.15, -0.1) is 0 Å². The lowest BCUT2D eigenvalue weighted by Gasteiger charge is -2.35. The fourth-order valence-electron chi connectivity index (χ4n) is 5.21. The maximum Gasteiger partial charge on any atom is 0.407 e. The molecule has 2 fully saturated rings. The minimum absolute atomic E-state index is 0.0947. The van der Waals surface area contributed by atoms with Gasteiger partial charge in [0.05, 0.1) is 25.1 Å². The van der Waals surface area contributed by atoms with E-state index in [-0.39, 0.29) is 57.2 Å². The monoisotopic (exact) mass is 602 g/mol. The van der Waals surface area contributed by atoms with Crippen molar-refractivity contribution in [3.63, 3.8) is 0 Å². The molecule has 13 heteroatoms. The van der Waals surface area contributed by atoms with Crippen molar-refractivity contribution >= 4 is 25.5 Å². The van der Waals surface area contributed by atoms with Gasteiger partial charge in [-0.25, -0.2) is 9.78 Å². The number of nitrogens with zero attached hydrogens (tertiary/aromatic N) is 3. The molecule has 2 aromatic rings. The molecule has 3 atom stereocenters. The first kappa shape index (κ1) is 31.6. The standard InChI is InChI=1S/C29H39N4O8P/c1-4-40-42(38,41-5-2)19-26(28(35)32-11-13-33(14-12-32)29(36)37)31-27(34)25-17-21(23-15-22(23)18-39-3)16-24(30-25)20-9-7-6-8-10-20/h6-10,16-17,22-23,26H,4-5,11-15,18-19H2,1-3H3,(H,31,34)(H,36,37)/t22-,23-,26+/m1/s1. The molecule has 1 aromatic carbocycles. The number of pyridine rings is 1. The van der Waals surface area contributed by atoms with Gasteiger partial charge in [-0.2, -0.15) is 0 Å². The highest BCUT2D eigenvalue weighted by Crippen LogP contribution is 2.49. The van der Waals surface area contributed by atoms with E-state index in [1.165, 1.54) is 9.80 Å². The molecule has 2 N–H and O–H groups in total. The number of carbonyl (C=O) groups is 3. The SMILES string of the molecule is CCOP(=O)(C[C@H](NC(=O)c1cc([C@H]2C[C@@H]2COC)cc(-c2ccccc2)n1)C(=O)N1CCN(C(=O)O)CC1)OCC. The molecule has 4 rings (SSSR count). The molecule has 42 heavy (non-hydrogen) atoms. The summed E-state index contributed by atoms with van der Waals surface area (Å²) in [5.74, 6) is -0.519. The molecule has 228 valence electrons. The molecule has 1 aromatic heterocycles. The number of rotatable bonds is 13. The second kappa shape index (κ2) is 14.2. The number of methoxy groups -OCH3 is 1. The highest BCUT2D eigenvalue weighted by Gasteiger charge is 2.40. The summed E-state index contributed by atoms with van der Waals surface area (Å²) in [6.07, 6.45) is -0.502. The molecule has 1 saturated carbocycles. The van der Waals surface area contributed by atoms with Crippen molar-refractivity contribution < 1.29 is 37.8 Å². The number of benzene rings is 1. The lowest BCUT2D eigenvalue weighted by atomic mass is 10.0. The smallest absolute Gasteiger partial charge is 0.407 e. The summed E-state index contributed by atoms with van der Waals surface area (Å²) in [5.41, 5.74) is 2.56. The molecule has 0 bridgehead atoms. The van der Waals surface area contributed by atoms with Crippen LogP contribution in [0.3, 0.4) is 0 Å². The second-order valence-electron chi connectivity index (χ2n) is 10.3. The highest BCUT2D eigenvalue weighted by molar-refractivity contribution is 7.54. The third kappa shape index (κ3) is 7.95. The van der Waals surface area contributed by atoms with Gasteiger partial charge in [-0.05, 0) is 49.8 Å². The Bertz CT molecular complexity index is 1290. The second-order valence-corrected chi connectivity index (χ2v) is 12.4. The van der Waals surface area contributed by atoms with E-state index in [1.54, 1.807) is 27.0 Å². The van der Waals surface area contributed by atoms with E-state index in [2.05, 4.69) is 10.3 Å². The summed E-state index contributed by atoms with van der Waals surface area (Å²) >= 11 is 0. The lowest BCUT2D eigenvalue weighted by Crippen LogP contribution is -2.56. The Kier molecular flexibility index (Phi) is 10.7. The van der Waals surface area contributed by atoms with Gasteiger partial charge in [0.15, 0.2) is 0 Å². The number of hydrogen-bond acceptors (Lipinski definition) is 8. The molecule has 1 aliphatic heterocycles. The maximum atomic E-state index is 13.7. The van der Waals surface area contributed by atoms with Crippen molar-refractivity contribution in [1.82, 2.24) is 20.1 Å². The van der Waals surface area contributed by atoms with Gasteiger partial charge in [0.1, 0.15) is 11.7 Å². The van der Waals surface area contributed by atoms with Crippen LogP contribution in [0.5, 0.6) is 0 Å². The van der Waals surface area contributed by atoms with Crippen LogP contribution in [0.15, 0.2) is 42.5 Å². The molecule has 12 nitrogen and oxygen atoms in total. The number of carbonyl (C=O) groups excluding carboxylic acids is 2. The molecule has 2 aliphatic rings. The Morgan fingerprint density at radius 1 is 1.05 bits per heavy atom. The number of carboxylic acid groups (broad SMARTS) is 1. The van der Waals surface area contributed by atoms with Gasteiger partial charge in [-0.3, -0.25) is 14.2 Å². The topological polar surface area (TPSA) is 148 Å². The van der Waals surface area contributed by atoms with Crippen molar-refractivity contribution in [1.29, 1.82) is 0 Å². The number of nitrogens with one attached hydrogen (secondary N) is 1. The van der Waals surface area contributed by atoms with Crippen LogP contribution < -0.4 is 5.32 Å². The Morgan fingerprint density at radius 3 is 2.29 bits per heavy atom. The number of hydrogen-bond donors (Lipinski definition) is 2. The van der Waals surface area contributed by atoms with Crippen molar-refractivity contribution in [3.8, 4) is 11.3 Å². The van der Waals surface area contributed by atoms with Crippen LogP contribution in [0.1, 0.15) is 42.2 Å². The van der Waals surface area contributed by atoms with Crippen LogP contribution >= 0.6 is 7.60 Å². The van der Waals surface area contributed by atoms with E-state index < -0.39 is 31.5 Å². The molecule has 0 radical (unpaired) electrons. The third-order valence-corrected chi connectivity index (χ3v) is 9.52. The van der Waals surface area contributed by atoms with Crippen molar-refractivity contribution in [2.24, 2.45) is 5.92 Å². The number of amides is 3. The minimum atomic E-state index is -3.75. The van der Waals surface area contributed by atoms with Gasteiger partial charge in [0.25, 0.3) is 5.91 Å². The van der Waals surface area contributed by atoms with Gasteiger partial charge < -0.3 is 34.0 Å². The summed E-state index contributed by atoms with van der Waals surface area (Å²) in [4.78, 5) is 46.1. The first-order valence-corrected chi connectivity index (χ1v) is 15.9. The average molecular weight is 603 g/mol. The predicted molar refractivity (Wildman–Crippen MR) is 156 cm³/mol. The Labute approximate surface area is 245 Å². The number of ether oxygens (including phenoxy) is 1. The molecular weight excluding hydrogens is 563 g/mol. The summed E-state index contributed by atoms with van der Waals surface area (Å²) in [6.45, 7) is 4.68. The van der Waals surface area contributed by atoms with E-state index in [9.17, 15) is 24.1 Å². The third-order valence-electron chi connectivity index (χ3n) is 7.40. The van der Waals surface area contributed by atoms with Gasteiger partial charge >= 0.3 is 13.7 Å². The van der Waals surface area contributed by atoms with Crippen LogP contribution in [0.4, 0.5) is 4.79 Å². The first-order chi connectivity index (χ1) is 20.2. The first-order valence-electron chi connectivity index (χ1n) is 14.2. The molecular formula is C29H39N4O8P. The van der Waals surface area contributed by atoms with E-state index in [1.807, 2.05) is 36.4 Å². The highest BCUT2D eigenvalue weighted by atomic mass is 31.2. The molecule has 3 amide bonds. The fraction of sp³-hybridized carbons (Fsp3) is 0.517. The van der Waals surface area contributed by atoms with Crippen LogP contribution in [0, 0.1) is 5.92 Å². The summed E-state index contributed by atoms with van der Waals surface area (Å²) in [6, 6.07) is 12.0. The summed E-state index contributed by atoms with van der Waals surface area (Å²) in [5, 5.41) is 12.0. The van der Waals surface area contributed by atoms with Crippen LogP contribution in [-0.2, 0) is 23.1 Å². The summed E-state index contributed by atoms with van der Waals surface area (Å²) in [7, 11) is -2.08. The van der Waals surface area contributed by atoms with Crippen LogP contribution in [0.25, 0.3) is 11.3 Å². The Morgan fingerprint density at radius 2 is 1.69 bits per heavy atom. The van der Waals surface area contributed by atoms with E-state index >= 15 is 0 Å². The van der Waals surface area contributed by atoms with Crippen molar-refractivity contribution in [3.05, 3.63) is 53.7 Å². The van der Waals surface area contributed by atoms with Crippen molar-refractivity contribution in [2.75, 3.05) is 59.3 Å².